The first-order valence-electron chi connectivity index (χ1n) is 4.62. The van der Waals surface area contributed by atoms with Crippen molar-refractivity contribution in [1.82, 2.24) is 0 Å². The molecule has 0 aromatic heterocycles. The predicted molar refractivity (Wildman–Crippen MR) is 51.0 cm³/mol. The molecule has 0 fully saturated rings. The van der Waals surface area contributed by atoms with Gasteiger partial charge in [0.15, 0.2) is 0 Å². The van der Waals surface area contributed by atoms with Crippen LogP contribution in [0, 0.1) is 6.92 Å². The number of fused-ring (bicyclic) bond motifs is 1. The van der Waals surface area contributed by atoms with E-state index in [0.717, 1.165) is 6.42 Å². The van der Waals surface area contributed by atoms with Gasteiger partial charge in [-0.15, -0.1) is 0 Å². The largest absolute Gasteiger partial charge is 0.324 e. The SMILES string of the molecule is Cc1ccc2c(c1)[C@H](N)CCC2. The van der Waals surface area contributed by atoms with E-state index in [0.29, 0.717) is 0 Å². The molecule has 0 saturated carbocycles. The second-order valence-electron chi connectivity index (χ2n) is 3.70. The number of benzene rings is 1. The summed E-state index contributed by atoms with van der Waals surface area (Å²) in [6.45, 7) is 2.13. The molecule has 0 unspecified atom stereocenters. The summed E-state index contributed by atoms with van der Waals surface area (Å²) in [4.78, 5) is 0. The Morgan fingerprint density at radius 1 is 1.42 bits per heavy atom. The molecule has 1 aliphatic carbocycles. The van der Waals surface area contributed by atoms with Gasteiger partial charge in [-0.1, -0.05) is 23.8 Å². The molecule has 0 spiro atoms. The van der Waals surface area contributed by atoms with Crippen LogP contribution in [0.4, 0.5) is 0 Å². The van der Waals surface area contributed by atoms with Crippen molar-refractivity contribution in [3.63, 3.8) is 0 Å². The van der Waals surface area contributed by atoms with Crippen LogP contribution in [0.25, 0.3) is 0 Å². The van der Waals surface area contributed by atoms with E-state index in [9.17, 15) is 0 Å². The van der Waals surface area contributed by atoms with Crippen LogP contribution >= 0.6 is 0 Å². The summed E-state index contributed by atoms with van der Waals surface area (Å²) in [6, 6.07) is 6.92. The summed E-state index contributed by atoms with van der Waals surface area (Å²) < 4.78 is 0. The van der Waals surface area contributed by atoms with Crippen LogP contribution in [0.1, 0.15) is 35.6 Å². The van der Waals surface area contributed by atoms with Crippen LogP contribution in [0.5, 0.6) is 0 Å². The fourth-order valence-electron chi connectivity index (χ4n) is 1.96. The first-order valence-corrected chi connectivity index (χ1v) is 4.62. The molecule has 0 amide bonds. The Bertz CT molecular complexity index is 291. The van der Waals surface area contributed by atoms with E-state index in [4.69, 9.17) is 5.73 Å². The van der Waals surface area contributed by atoms with Crippen molar-refractivity contribution >= 4 is 0 Å². The quantitative estimate of drug-likeness (QED) is 0.621. The second kappa shape index (κ2) is 2.91. The van der Waals surface area contributed by atoms with Crippen molar-refractivity contribution in [2.45, 2.75) is 32.2 Å². The second-order valence-corrected chi connectivity index (χ2v) is 3.70. The molecule has 2 N–H and O–H groups in total. The van der Waals surface area contributed by atoms with E-state index in [1.165, 1.54) is 29.5 Å². The topological polar surface area (TPSA) is 26.0 Å². The van der Waals surface area contributed by atoms with E-state index in [-0.39, 0.29) is 6.04 Å². The zero-order valence-corrected chi connectivity index (χ0v) is 7.51. The first kappa shape index (κ1) is 7.81. The van der Waals surface area contributed by atoms with Crippen LogP contribution in [-0.2, 0) is 6.42 Å². The molecule has 1 aromatic carbocycles. The van der Waals surface area contributed by atoms with Crippen molar-refractivity contribution in [3.05, 3.63) is 34.9 Å². The molecule has 0 heterocycles. The lowest BCUT2D eigenvalue weighted by molar-refractivity contribution is 0.570. The van der Waals surface area contributed by atoms with Gasteiger partial charge in [0.2, 0.25) is 0 Å². The maximum absolute atomic E-state index is 6.02. The van der Waals surface area contributed by atoms with E-state index in [2.05, 4.69) is 25.1 Å². The minimum atomic E-state index is 0.286. The Morgan fingerprint density at radius 2 is 2.25 bits per heavy atom. The van der Waals surface area contributed by atoms with Crippen LogP contribution in [0.2, 0.25) is 0 Å². The molecule has 1 heteroatoms. The number of rotatable bonds is 0. The lowest BCUT2D eigenvalue weighted by Crippen LogP contribution is -2.17. The summed E-state index contributed by atoms with van der Waals surface area (Å²) in [7, 11) is 0. The van der Waals surface area contributed by atoms with Crippen LogP contribution in [0.15, 0.2) is 18.2 Å². The van der Waals surface area contributed by atoms with E-state index >= 15 is 0 Å². The number of aryl methyl sites for hydroxylation is 2. The van der Waals surface area contributed by atoms with Gasteiger partial charge >= 0.3 is 0 Å². The molecule has 1 aliphatic rings. The lowest BCUT2D eigenvalue weighted by atomic mass is 9.87. The standard InChI is InChI=1S/C11H15N/c1-8-5-6-9-3-2-4-11(12)10(9)7-8/h5-7,11H,2-4,12H2,1H3/t11-/m1/s1. The summed E-state index contributed by atoms with van der Waals surface area (Å²) in [5, 5.41) is 0. The van der Waals surface area contributed by atoms with E-state index < -0.39 is 0 Å². The summed E-state index contributed by atoms with van der Waals surface area (Å²) in [6.07, 6.45) is 3.61. The third-order valence-electron chi connectivity index (χ3n) is 2.66. The molecule has 1 aromatic rings. The van der Waals surface area contributed by atoms with Gasteiger partial charge in [0.1, 0.15) is 0 Å². The summed E-state index contributed by atoms with van der Waals surface area (Å²) in [5.41, 5.74) is 10.2. The molecule has 12 heavy (non-hydrogen) atoms. The average molecular weight is 161 g/mol. The van der Waals surface area contributed by atoms with Gasteiger partial charge in [0, 0.05) is 6.04 Å². The lowest BCUT2D eigenvalue weighted by Gasteiger charge is -2.22. The molecule has 1 nitrogen and oxygen atoms in total. The smallest absolute Gasteiger partial charge is 0.0297 e. The van der Waals surface area contributed by atoms with Gasteiger partial charge in [0.05, 0.1) is 0 Å². The fourth-order valence-corrected chi connectivity index (χ4v) is 1.96. The molecule has 0 radical (unpaired) electrons. The highest BCUT2D eigenvalue weighted by Gasteiger charge is 2.15. The van der Waals surface area contributed by atoms with Crippen LogP contribution in [-0.4, -0.2) is 0 Å². The van der Waals surface area contributed by atoms with Gasteiger partial charge < -0.3 is 5.73 Å². The number of hydrogen-bond donors (Lipinski definition) is 1. The maximum atomic E-state index is 6.02. The highest BCUT2D eigenvalue weighted by atomic mass is 14.6. The monoisotopic (exact) mass is 161 g/mol. The molecule has 0 aliphatic heterocycles. The van der Waals surface area contributed by atoms with Crippen molar-refractivity contribution in [2.75, 3.05) is 0 Å². The average Bonchev–Trinajstić information content (AvgIpc) is 2.07. The Hall–Kier alpha value is -0.820. The Kier molecular flexibility index (Phi) is 1.89. The summed E-state index contributed by atoms with van der Waals surface area (Å²) >= 11 is 0. The zero-order valence-electron chi connectivity index (χ0n) is 7.51. The molecular formula is C11H15N. The maximum Gasteiger partial charge on any atom is 0.0297 e. The van der Waals surface area contributed by atoms with Crippen LogP contribution < -0.4 is 5.73 Å². The Labute approximate surface area is 73.6 Å². The first-order chi connectivity index (χ1) is 5.77. The minimum Gasteiger partial charge on any atom is -0.324 e. The molecule has 0 bridgehead atoms. The minimum absolute atomic E-state index is 0.286. The Balaban J connectivity index is 2.47. The third-order valence-corrected chi connectivity index (χ3v) is 2.66. The van der Waals surface area contributed by atoms with Crippen molar-refractivity contribution in [1.29, 1.82) is 0 Å². The molecule has 2 rings (SSSR count). The van der Waals surface area contributed by atoms with E-state index in [1.807, 2.05) is 0 Å². The van der Waals surface area contributed by atoms with Gasteiger partial charge in [0.25, 0.3) is 0 Å². The predicted octanol–water partition coefficient (Wildman–Crippen LogP) is 2.33. The zero-order chi connectivity index (χ0) is 8.55. The highest BCUT2D eigenvalue weighted by Crippen LogP contribution is 2.28. The number of hydrogen-bond acceptors (Lipinski definition) is 1. The normalized spacial score (nSPS) is 22.0. The van der Waals surface area contributed by atoms with Crippen LogP contribution in [0.3, 0.4) is 0 Å². The van der Waals surface area contributed by atoms with Gasteiger partial charge in [-0.3, -0.25) is 0 Å². The molecule has 1 atom stereocenters. The molecular weight excluding hydrogens is 146 g/mol. The van der Waals surface area contributed by atoms with E-state index in [1.54, 1.807) is 0 Å². The highest BCUT2D eigenvalue weighted by molar-refractivity contribution is 5.35. The van der Waals surface area contributed by atoms with Gasteiger partial charge in [-0.2, -0.15) is 0 Å². The fraction of sp³-hybridized carbons (Fsp3) is 0.455. The van der Waals surface area contributed by atoms with Crippen molar-refractivity contribution in [3.8, 4) is 0 Å². The summed E-state index contributed by atoms with van der Waals surface area (Å²) in [5.74, 6) is 0. The Morgan fingerprint density at radius 3 is 3.08 bits per heavy atom. The van der Waals surface area contributed by atoms with Gasteiger partial charge in [-0.25, -0.2) is 0 Å². The van der Waals surface area contributed by atoms with Crippen molar-refractivity contribution in [2.24, 2.45) is 5.73 Å². The molecule has 64 valence electrons. The number of nitrogens with two attached hydrogens (primary N) is 1. The van der Waals surface area contributed by atoms with Crippen molar-refractivity contribution < 1.29 is 0 Å². The third kappa shape index (κ3) is 1.25. The van der Waals surface area contributed by atoms with Gasteiger partial charge in [-0.05, 0) is 37.3 Å². The molecule has 0 saturated heterocycles.